The summed E-state index contributed by atoms with van der Waals surface area (Å²) in [6.07, 6.45) is 0. The highest BCUT2D eigenvalue weighted by Gasteiger charge is 2.15. The number of thiazole rings is 1. The Hall–Kier alpha value is -2.25. The summed E-state index contributed by atoms with van der Waals surface area (Å²) in [5, 5.41) is 7.88. The molecule has 7 heteroatoms. The number of anilines is 1. The fourth-order valence-corrected chi connectivity index (χ4v) is 2.32. The normalized spacial score (nSPS) is 10.2. The van der Waals surface area contributed by atoms with Gasteiger partial charge in [0, 0.05) is 18.5 Å². The Kier molecular flexibility index (Phi) is 5.02. The number of aromatic nitrogens is 1. The van der Waals surface area contributed by atoms with Crippen molar-refractivity contribution in [3.05, 3.63) is 45.9 Å². The second kappa shape index (κ2) is 6.96. The highest BCUT2D eigenvalue weighted by molar-refractivity contribution is 7.09. The summed E-state index contributed by atoms with van der Waals surface area (Å²) in [5.41, 5.74) is 6.54. The third-order valence-corrected chi connectivity index (χ3v) is 3.47. The lowest BCUT2D eigenvalue weighted by atomic mass is 10.1. The molecule has 0 bridgehead atoms. The monoisotopic (exact) mass is 304 g/mol. The van der Waals surface area contributed by atoms with Crippen LogP contribution in [0.1, 0.15) is 25.9 Å². The number of aryl methyl sites for hydroxylation is 1. The summed E-state index contributed by atoms with van der Waals surface area (Å²) in [4.78, 5) is 28.2. The van der Waals surface area contributed by atoms with Crippen LogP contribution in [0.15, 0.2) is 29.6 Å². The zero-order valence-corrected chi connectivity index (χ0v) is 12.4. The Bertz CT molecular complexity index is 654. The van der Waals surface area contributed by atoms with Crippen LogP contribution in [-0.4, -0.2) is 29.9 Å². The van der Waals surface area contributed by atoms with Gasteiger partial charge >= 0.3 is 0 Å². The van der Waals surface area contributed by atoms with Gasteiger partial charge in [-0.3, -0.25) is 9.59 Å². The number of amides is 2. The molecule has 0 aliphatic carbocycles. The van der Waals surface area contributed by atoms with Gasteiger partial charge in [0.2, 0.25) is 0 Å². The van der Waals surface area contributed by atoms with Crippen molar-refractivity contribution >= 4 is 28.8 Å². The summed E-state index contributed by atoms with van der Waals surface area (Å²) in [5.74, 6) is -0.607. The van der Waals surface area contributed by atoms with Crippen LogP contribution in [0.25, 0.3) is 0 Å². The van der Waals surface area contributed by atoms with Crippen molar-refractivity contribution < 1.29 is 9.59 Å². The third kappa shape index (κ3) is 3.87. The number of para-hydroxylation sites is 1. The summed E-state index contributed by atoms with van der Waals surface area (Å²) in [6.45, 7) is 2.57. The third-order valence-electron chi connectivity index (χ3n) is 2.70. The lowest BCUT2D eigenvalue weighted by Crippen LogP contribution is -2.30. The second-order valence-electron chi connectivity index (χ2n) is 4.30. The van der Waals surface area contributed by atoms with Gasteiger partial charge in [-0.25, -0.2) is 4.98 Å². The molecule has 0 radical (unpaired) electrons. The Morgan fingerprint density at radius 3 is 2.71 bits per heavy atom. The van der Waals surface area contributed by atoms with Gasteiger partial charge in [-0.05, 0) is 19.1 Å². The van der Waals surface area contributed by atoms with Gasteiger partial charge in [0.15, 0.2) is 0 Å². The van der Waals surface area contributed by atoms with E-state index in [-0.39, 0.29) is 11.8 Å². The van der Waals surface area contributed by atoms with E-state index in [1.165, 1.54) is 11.3 Å². The molecule has 0 aliphatic rings. The molecule has 1 aromatic heterocycles. The SMILES string of the molecule is Cc1nc(C(=O)Nc2ccccc2C(=O)NCCN)cs1. The maximum atomic E-state index is 12.1. The van der Waals surface area contributed by atoms with Crippen LogP contribution in [0.2, 0.25) is 0 Å². The Labute approximate surface area is 126 Å². The van der Waals surface area contributed by atoms with E-state index in [0.29, 0.717) is 30.0 Å². The van der Waals surface area contributed by atoms with Crippen molar-refractivity contribution in [3.8, 4) is 0 Å². The van der Waals surface area contributed by atoms with E-state index in [4.69, 9.17) is 5.73 Å². The molecule has 0 aliphatic heterocycles. The molecular formula is C14H16N4O2S. The first-order valence-corrected chi connectivity index (χ1v) is 7.30. The zero-order chi connectivity index (χ0) is 15.2. The van der Waals surface area contributed by atoms with Crippen molar-refractivity contribution in [1.82, 2.24) is 10.3 Å². The van der Waals surface area contributed by atoms with Crippen molar-refractivity contribution in [3.63, 3.8) is 0 Å². The number of hydrogen-bond acceptors (Lipinski definition) is 5. The van der Waals surface area contributed by atoms with E-state index in [1.54, 1.807) is 29.6 Å². The van der Waals surface area contributed by atoms with Crippen molar-refractivity contribution in [1.29, 1.82) is 0 Å². The number of hydrogen-bond donors (Lipinski definition) is 3. The largest absolute Gasteiger partial charge is 0.351 e. The molecule has 2 rings (SSSR count). The molecule has 0 saturated carbocycles. The van der Waals surface area contributed by atoms with E-state index in [1.807, 2.05) is 6.92 Å². The van der Waals surface area contributed by atoms with Crippen molar-refractivity contribution in [2.45, 2.75) is 6.92 Å². The second-order valence-corrected chi connectivity index (χ2v) is 5.36. The van der Waals surface area contributed by atoms with E-state index in [0.717, 1.165) is 5.01 Å². The molecule has 110 valence electrons. The first kappa shape index (κ1) is 15.1. The predicted molar refractivity (Wildman–Crippen MR) is 82.6 cm³/mol. The molecular weight excluding hydrogens is 288 g/mol. The zero-order valence-electron chi connectivity index (χ0n) is 11.6. The van der Waals surface area contributed by atoms with Gasteiger partial charge in [-0.2, -0.15) is 0 Å². The number of nitrogens with zero attached hydrogens (tertiary/aromatic N) is 1. The predicted octanol–water partition coefficient (Wildman–Crippen LogP) is 1.39. The molecule has 0 unspecified atom stereocenters. The molecule has 1 aromatic carbocycles. The van der Waals surface area contributed by atoms with Gasteiger partial charge in [0.1, 0.15) is 5.69 Å². The van der Waals surface area contributed by atoms with Gasteiger partial charge in [0.25, 0.3) is 11.8 Å². The van der Waals surface area contributed by atoms with Crippen molar-refractivity contribution in [2.24, 2.45) is 5.73 Å². The summed E-state index contributed by atoms with van der Waals surface area (Å²) in [6, 6.07) is 6.81. The molecule has 21 heavy (non-hydrogen) atoms. The maximum absolute atomic E-state index is 12.1. The molecule has 1 heterocycles. The maximum Gasteiger partial charge on any atom is 0.275 e. The average molecular weight is 304 g/mol. The molecule has 0 fully saturated rings. The fraction of sp³-hybridized carbons (Fsp3) is 0.214. The number of benzene rings is 1. The molecule has 0 atom stereocenters. The van der Waals surface area contributed by atoms with Crippen LogP contribution in [0.5, 0.6) is 0 Å². The van der Waals surface area contributed by atoms with E-state index >= 15 is 0 Å². The lowest BCUT2D eigenvalue weighted by Gasteiger charge is -2.10. The van der Waals surface area contributed by atoms with E-state index in [2.05, 4.69) is 15.6 Å². The highest BCUT2D eigenvalue weighted by atomic mass is 32.1. The smallest absolute Gasteiger partial charge is 0.275 e. The molecule has 0 saturated heterocycles. The van der Waals surface area contributed by atoms with Gasteiger partial charge in [-0.1, -0.05) is 12.1 Å². The highest BCUT2D eigenvalue weighted by Crippen LogP contribution is 2.17. The van der Waals surface area contributed by atoms with Gasteiger partial charge in [0.05, 0.1) is 16.3 Å². The first-order valence-electron chi connectivity index (χ1n) is 6.42. The standard InChI is InChI=1S/C14H16N4O2S/c1-9-17-12(8-21-9)14(20)18-11-5-3-2-4-10(11)13(19)16-7-6-15/h2-5,8H,6-7,15H2,1H3,(H,16,19)(H,18,20). The summed E-state index contributed by atoms with van der Waals surface area (Å²) < 4.78 is 0. The molecule has 0 spiro atoms. The van der Waals surface area contributed by atoms with Crippen LogP contribution >= 0.6 is 11.3 Å². The van der Waals surface area contributed by atoms with E-state index < -0.39 is 0 Å². The molecule has 4 N–H and O–H groups in total. The van der Waals surface area contributed by atoms with Crippen LogP contribution in [0.4, 0.5) is 5.69 Å². The summed E-state index contributed by atoms with van der Waals surface area (Å²) >= 11 is 1.40. The number of rotatable bonds is 5. The topological polar surface area (TPSA) is 97.1 Å². The van der Waals surface area contributed by atoms with Gasteiger partial charge in [-0.15, -0.1) is 11.3 Å². The van der Waals surface area contributed by atoms with Crippen LogP contribution in [0.3, 0.4) is 0 Å². The Morgan fingerprint density at radius 2 is 2.05 bits per heavy atom. The number of carbonyl (C=O) groups is 2. The Morgan fingerprint density at radius 1 is 1.29 bits per heavy atom. The van der Waals surface area contributed by atoms with Crippen molar-refractivity contribution in [2.75, 3.05) is 18.4 Å². The van der Waals surface area contributed by atoms with Crippen LogP contribution in [-0.2, 0) is 0 Å². The fourth-order valence-electron chi connectivity index (χ4n) is 1.73. The minimum atomic E-state index is -0.335. The molecule has 2 aromatic rings. The lowest BCUT2D eigenvalue weighted by molar-refractivity contribution is 0.0955. The molecule has 2 amide bonds. The van der Waals surface area contributed by atoms with Crippen LogP contribution in [0, 0.1) is 6.92 Å². The van der Waals surface area contributed by atoms with E-state index in [9.17, 15) is 9.59 Å². The Balaban J connectivity index is 2.16. The molecule has 6 nitrogen and oxygen atoms in total. The minimum absolute atomic E-state index is 0.272. The van der Waals surface area contributed by atoms with Gasteiger partial charge < -0.3 is 16.4 Å². The van der Waals surface area contributed by atoms with Crippen LogP contribution < -0.4 is 16.4 Å². The quantitative estimate of drug-likeness (QED) is 0.777. The number of carbonyl (C=O) groups excluding carboxylic acids is 2. The minimum Gasteiger partial charge on any atom is -0.351 e. The average Bonchev–Trinajstić information content (AvgIpc) is 2.92. The number of nitrogens with one attached hydrogen (secondary N) is 2. The summed E-state index contributed by atoms with van der Waals surface area (Å²) in [7, 11) is 0. The first-order chi connectivity index (χ1) is 10.1. The number of nitrogens with two attached hydrogens (primary N) is 1.